The summed E-state index contributed by atoms with van der Waals surface area (Å²) < 4.78 is 2.29. The average molecular weight is 564 g/mol. The van der Waals surface area contributed by atoms with E-state index in [2.05, 4.69) is 152 Å². The molecule has 0 spiro atoms. The number of fused-ring (bicyclic) bond motifs is 7. The highest BCUT2D eigenvalue weighted by atomic mass is 15.1. The standard InChI is InChI=1S/C41H29N3/c1-41(2)33-20-12-19-31(39(33)32-23-27-15-6-7-16-28(27)24-34(32)41)35-25-38(43-40(42-35)26-13-4-3-5-14-26)44-36-21-10-8-17-29(36)30-18-9-11-22-37(30)44/h3-25H,1-2H3. The highest BCUT2D eigenvalue weighted by Crippen LogP contribution is 2.53. The Hall–Kier alpha value is -5.54. The second-order valence-electron chi connectivity index (χ2n) is 12.3. The molecule has 0 atom stereocenters. The van der Waals surface area contributed by atoms with Crippen LogP contribution >= 0.6 is 0 Å². The molecule has 2 heterocycles. The number of rotatable bonds is 3. The average Bonchev–Trinajstić information content (AvgIpc) is 3.53. The van der Waals surface area contributed by atoms with Crippen molar-refractivity contribution in [3.8, 4) is 39.6 Å². The molecule has 3 heteroatoms. The van der Waals surface area contributed by atoms with E-state index >= 15 is 0 Å². The lowest BCUT2D eigenvalue weighted by molar-refractivity contribution is 0.661. The highest BCUT2D eigenvalue weighted by Gasteiger charge is 2.37. The van der Waals surface area contributed by atoms with Crippen LogP contribution in [0.2, 0.25) is 0 Å². The zero-order chi connectivity index (χ0) is 29.4. The van der Waals surface area contributed by atoms with Crippen molar-refractivity contribution in [1.82, 2.24) is 14.5 Å². The molecule has 9 rings (SSSR count). The molecule has 0 N–H and O–H groups in total. The first-order chi connectivity index (χ1) is 21.6. The van der Waals surface area contributed by atoms with Crippen molar-refractivity contribution in [3.63, 3.8) is 0 Å². The van der Waals surface area contributed by atoms with Crippen LogP contribution in [0.25, 0.3) is 72.2 Å². The van der Waals surface area contributed by atoms with E-state index in [1.54, 1.807) is 0 Å². The summed E-state index contributed by atoms with van der Waals surface area (Å²) in [5.74, 6) is 1.58. The summed E-state index contributed by atoms with van der Waals surface area (Å²) in [6.45, 7) is 4.68. The van der Waals surface area contributed by atoms with Crippen molar-refractivity contribution in [1.29, 1.82) is 0 Å². The Morgan fingerprint density at radius 2 is 1.16 bits per heavy atom. The number of aromatic nitrogens is 3. The Morgan fingerprint density at radius 1 is 0.523 bits per heavy atom. The van der Waals surface area contributed by atoms with Crippen molar-refractivity contribution in [2.45, 2.75) is 19.3 Å². The SMILES string of the molecule is CC1(C)c2cc3ccccc3cc2-c2c(-c3cc(-n4c5ccccc5c5ccccc54)nc(-c4ccccc4)n3)cccc21. The van der Waals surface area contributed by atoms with Crippen molar-refractivity contribution in [2.75, 3.05) is 0 Å². The molecular formula is C41H29N3. The molecule has 0 amide bonds. The van der Waals surface area contributed by atoms with E-state index in [0.717, 1.165) is 33.7 Å². The van der Waals surface area contributed by atoms with Gasteiger partial charge in [0.15, 0.2) is 5.82 Å². The summed E-state index contributed by atoms with van der Waals surface area (Å²) >= 11 is 0. The summed E-state index contributed by atoms with van der Waals surface area (Å²) in [6, 6.07) is 49.8. The topological polar surface area (TPSA) is 30.7 Å². The monoisotopic (exact) mass is 563 g/mol. The Kier molecular flexibility index (Phi) is 5.24. The van der Waals surface area contributed by atoms with E-state index in [9.17, 15) is 0 Å². The lowest BCUT2D eigenvalue weighted by Crippen LogP contribution is -2.14. The van der Waals surface area contributed by atoms with Gasteiger partial charge in [-0.25, -0.2) is 9.97 Å². The smallest absolute Gasteiger partial charge is 0.162 e. The van der Waals surface area contributed by atoms with Crippen molar-refractivity contribution in [3.05, 3.63) is 151 Å². The lowest BCUT2D eigenvalue weighted by Gasteiger charge is -2.22. The van der Waals surface area contributed by atoms with E-state index in [4.69, 9.17) is 9.97 Å². The van der Waals surface area contributed by atoms with Crippen LogP contribution in [0.4, 0.5) is 0 Å². The quantitative estimate of drug-likeness (QED) is 0.214. The van der Waals surface area contributed by atoms with E-state index < -0.39 is 0 Å². The summed E-state index contributed by atoms with van der Waals surface area (Å²) in [7, 11) is 0. The molecule has 1 aliphatic rings. The fourth-order valence-corrected chi connectivity index (χ4v) is 7.26. The van der Waals surface area contributed by atoms with Gasteiger partial charge in [0.05, 0.1) is 16.7 Å². The van der Waals surface area contributed by atoms with Gasteiger partial charge in [-0.05, 0) is 57.3 Å². The molecule has 6 aromatic carbocycles. The van der Waals surface area contributed by atoms with Gasteiger partial charge in [0, 0.05) is 33.4 Å². The molecule has 3 nitrogen and oxygen atoms in total. The minimum absolute atomic E-state index is 0.129. The number of hydrogen-bond acceptors (Lipinski definition) is 2. The van der Waals surface area contributed by atoms with Crippen LogP contribution in [0.5, 0.6) is 0 Å². The second kappa shape index (κ2) is 9.23. The molecule has 0 aliphatic heterocycles. The van der Waals surface area contributed by atoms with E-state index in [0.29, 0.717) is 5.82 Å². The van der Waals surface area contributed by atoms with Gasteiger partial charge in [0.1, 0.15) is 5.82 Å². The molecule has 1 aliphatic carbocycles. The molecule has 2 aromatic heterocycles. The number of benzene rings is 6. The van der Waals surface area contributed by atoms with Gasteiger partial charge >= 0.3 is 0 Å². The fraction of sp³-hybridized carbons (Fsp3) is 0.0732. The molecular weight excluding hydrogens is 534 g/mol. The molecule has 44 heavy (non-hydrogen) atoms. The lowest BCUT2D eigenvalue weighted by atomic mass is 9.81. The van der Waals surface area contributed by atoms with Crippen LogP contribution in [0.15, 0.2) is 140 Å². The first kappa shape index (κ1) is 25.0. The third kappa shape index (κ3) is 3.56. The van der Waals surface area contributed by atoms with Gasteiger partial charge in [-0.3, -0.25) is 4.57 Å². The second-order valence-corrected chi connectivity index (χ2v) is 12.3. The molecule has 208 valence electrons. The molecule has 0 saturated heterocycles. The van der Waals surface area contributed by atoms with E-state index in [1.807, 2.05) is 6.07 Å². The van der Waals surface area contributed by atoms with E-state index in [-0.39, 0.29) is 5.41 Å². The molecule has 0 fully saturated rings. The summed E-state index contributed by atoms with van der Waals surface area (Å²) in [5.41, 5.74) is 10.4. The maximum Gasteiger partial charge on any atom is 0.162 e. The Labute approximate surface area is 256 Å². The third-order valence-corrected chi connectivity index (χ3v) is 9.40. The largest absolute Gasteiger partial charge is 0.294 e. The highest BCUT2D eigenvalue weighted by molar-refractivity contribution is 6.09. The number of hydrogen-bond donors (Lipinski definition) is 0. The third-order valence-electron chi connectivity index (χ3n) is 9.40. The van der Waals surface area contributed by atoms with Gasteiger partial charge < -0.3 is 0 Å². The van der Waals surface area contributed by atoms with Gasteiger partial charge in [-0.1, -0.05) is 123 Å². The molecule has 0 saturated carbocycles. The van der Waals surface area contributed by atoms with Crippen LogP contribution in [-0.4, -0.2) is 14.5 Å². The minimum Gasteiger partial charge on any atom is -0.294 e. The Balaban J connectivity index is 1.36. The maximum atomic E-state index is 5.28. The van der Waals surface area contributed by atoms with Crippen LogP contribution in [0.3, 0.4) is 0 Å². The van der Waals surface area contributed by atoms with Crippen LogP contribution < -0.4 is 0 Å². The maximum absolute atomic E-state index is 5.28. The van der Waals surface area contributed by atoms with Crippen molar-refractivity contribution in [2.24, 2.45) is 0 Å². The summed E-state index contributed by atoms with van der Waals surface area (Å²) in [6.07, 6.45) is 0. The minimum atomic E-state index is -0.129. The predicted octanol–water partition coefficient (Wildman–Crippen LogP) is 10.4. The fourth-order valence-electron chi connectivity index (χ4n) is 7.26. The molecule has 8 aromatic rings. The Morgan fingerprint density at radius 3 is 1.89 bits per heavy atom. The van der Waals surface area contributed by atoms with Gasteiger partial charge in [0.25, 0.3) is 0 Å². The van der Waals surface area contributed by atoms with Crippen LogP contribution in [0.1, 0.15) is 25.0 Å². The van der Waals surface area contributed by atoms with Crippen molar-refractivity contribution < 1.29 is 0 Å². The van der Waals surface area contributed by atoms with Gasteiger partial charge in [0.2, 0.25) is 0 Å². The molecule has 0 radical (unpaired) electrons. The first-order valence-electron chi connectivity index (χ1n) is 15.2. The Bertz CT molecular complexity index is 2360. The number of para-hydroxylation sites is 2. The molecule has 0 unspecified atom stereocenters. The van der Waals surface area contributed by atoms with Gasteiger partial charge in [-0.15, -0.1) is 0 Å². The zero-order valence-corrected chi connectivity index (χ0v) is 24.6. The molecule has 0 bridgehead atoms. The number of nitrogens with zero attached hydrogens (tertiary/aromatic N) is 3. The van der Waals surface area contributed by atoms with Crippen LogP contribution in [-0.2, 0) is 5.41 Å². The van der Waals surface area contributed by atoms with E-state index in [1.165, 1.54) is 43.8 Å². The first-order valence-corrected chi connectivity index (χ1v) is 15.2. The summed E-state index contributed by atoms with van der Waals surface area (Å²) in [5, 5.41) is 4.96. The predicted molar refractivity (Wildman–Crippen MR) is 182 cm³/mol. The van der Waals surface area contributed by atoms with Crippen LogP contribution in [0, 0.1) is 0 Å². The normalized spacial score (nSPS) is 13.4. The zero-order valence-electron chi connectivity index (χ0n) is 24.6. The van der Waals surface area contributed by atoms with Gasteiger partial charge in [-0.2, -0.15) is 0 Å². The van der Waals surface area contributed by atoms with Crippen molar-refractivity contribution >= 4 is 32.6 Å². The summed E-state index contributed by atoms with van der Waals surface area (Å²) in [4.78, 5) is 10.5.